The van der Waals surface area contributed by atoms with Gasteiger partial charge in [0.25, 0.3) is 0 Å². The number of aromatic nitrogens is 1. The maximum Gasteiger partial charge on any atom is 0.191 e. The number of hydrogen-bond donors (Lipinski definition) is 2. The van der Waals surface area contributed by atoms with Crippen LogP contribution in [0.2, 0.25) is 0 Å². The Hall–Kier alpha value is -1.26. The number of guanidine groups is 1. The number of halogens is 2. The average Bonchev–Trinajstić information content (AvgIpc) is 2.97. The fourth-order valence-electron chi connectivity index (χ4n) is 2.07. The predicted octanol–water partition coefficient (Wildman–Crippen LogP) is 3.26. The number of methoxy groups -OCH3 is 1. The van der Waals surface area contributed by atoms with E-state index < -0.39 is 0 Å². The maximum absolute atomic E-state index is 13.0. The van der Waals surface area contributed by atoms with Crippen LogP contribution in [0.1, 0.15) is 21.6 Å². The van der Waals surface area contributed by atoms with Crippen molar-refractivity contribution in [3.63, 3.8) is 0 Å². The van der Waals surface area contributed by atoms with Crippen molar-refractivity contribution in [2.75, 3.05) is 20.7 Å². The number of ether oxygens (including phenoxy) is 1. The van der Waals surface area contributed by atoms with Gasteiger partial charge in [0, 0.05) is 31.8 Å². The highest BCUT2D eigenvalue weighted by atomic mass is 127. The molecule has 0 bridgehead atoms. The van der Waals surface area contributed by atoms with Gasteiger partial charge in [-0.1, -0.05) is 12.1 Å². The Bertz CT molecular complexity index is 648. The minimum Gasteiger partial charge on any atom is -0.375 e. The highest BCUT2D eigenvalue weighted by molar-refractivity contribution is 14.0. The maximum atomic E-state index is 13.0. The van der Waals surface area contributed by atoms with Crippen LogP contribution in [0, 0.1) is 12.7 Å². The monoisotopic (exact) mass is 464 g/mol. The van der Waals surface area contributed by atoms with Gasteiger partial charge in [-0.3, -0.25) is 4.99 Å². The average molecular weight is 464 g/mol. The summed E-state index contributed by atoms with van der Waals surface area (Å²) in [6.07, 6.45) is 1.67. The van der Waals surface area contributed by atoms with Gasteiger partial charge < -0.3 is 15.4 Å². The fourth-order valence-corrected chi connectivity index (χ4v) is 2.79. The lowest BCUT2D eigenvalue weighted by Gasteiger charge is -2.18. The van der Waals surface area contributed by atoms with Crippen molar-refractivity contribution in [2.24, 2.45) is 4.99 Å². The standard InChI is InChI=1S/C16H21FN4OS.HI/c1-11-8-19-15(23-11)10-21-16(18-2)20-9-14(22-3)12-4-6-13(17)7-5-12;/h4-8,14H,9-10H2,1-3H3,(H2,18,20,21);1H. The molecule has 132 valence electrons. The number of aliphatic imine (C=N–C) groups is 1. The van der Waals surface area contributed by atoms with E-state index in [2.05, 4.69) is 20.6 Å². The molecule has 2 rings (SSSR count). The molecule has 2 aromatic rings. The van der Waals surface area contributed by atoms with Crippen molar-refractivity contribution in [3.05, 3.63) is 51.7 Å². The molecular formula is C16H22FIN4OS. The minimum absolute atomic E-state index is 0. The lowest BCUT2D eigenvalue weighted by Crippen LogP contribution is -2.39. The zero-order chi connectivity index (χ0) is 16.7. The van der Waals surface area contributed by atoms with Crippen LogP contribution in [-0.4, -0.2) is 31.6 Å². The van der Waals surface area contributed by atoms with Crippen LogP contribution in [0.5, 0.6) is 0 Å². The van der Waals surface area contributed by atoms with Crippen molar-refractivity contribution in [2.45, 2.75) is 19.6 Å². The molecule has 8 heteroatoms. The summed E-state index contributed by atoms with van der Waals surface area (Å²) in [7, 11) is 3.34. The van der Waals surface area contributed by atoms with E-state index in [0.717, 1.165) is 10.6 Å². The van der Waals surface area contributed by atoms with Crippen molar-refractivity contribution in [1.82, 2.24) is 15.6 Å². The lowest BCUT2D eigenvalue weighted by atomic mass is 10.1. The van der Waals surface area contributed by atoms with Crippen LogP contribution in [0.3, 0.4) is 0 Å². The number of rotatable bonds is 6. The molecule has 2 N–H and O–H groups in total. The molecule has 24 heavy (non-hydrogen) atoms. The first-order valence-corrected chi connectivity index (χ1v) is 8.08. The van der Waals surface area contributed by atoms with E-state index in [4.69, 9.17) is 4.74 Å². The first kappa shape index (κ1) is 20.8. The van der Waals surface area contributed by atoms with Crippen LogP contribution < -0.4 is 10.6 Å². The molecule has 5 nitrogen and oxygen atoms in total. The normalized spacial score (nSPS) is 12.4. The summed E-state index contributed by atoms with van der Waals surface area (Å²) in [4.78, 5) is 9.66. The summed E-state index contributed by atoms with van der Waals surface area (Å²) in [5.41, 5.74) is 0.910. The summed E-state index contributed by atoms with van der Waals surface area (Å²) in [5, 5.41) is 7.42. The molecule has 0 aliphatic carbocycles. The third-order valence-electron chi connectivity index (χ3n) is 3.28. The van der Waals surface area contributed by atoms with Crippen molar-refractivity contribution >= 4 is 41.3 Å². The Balaban J connectivity index is 0.00000288. The summed E-state index contributed by atoms with van der Waals surface area (Å²) in [5.74, 6) is 0.412. The van der Waals surface area contributed by atoms with Crippen LogP contribution in [0.25, 0.3) is 0 Å². The minimum atomic E-state index is -0.257. The zero-order valence-electron chi connectivity index (χ0n) is 13.9. The first-order chi connectivity index (χ1) is 11.1. The van der Waals surface area contributed by atoms with Crippen molar-refractivity contribution in [1.29, 1.82) is 0 Å². The second-order valence-corrected chi connectivity index (χ2v) is 6.27. The Labute approximate surface area is 162 Å². The molecule has 0 aliphatic heterocycles. The molecular weight excluding hydrogens is 442 g/mol. The van der Waals surface area contributed by atoms with Crippen molar-refractivity contribution < 1.29 is 9.13 Å². The molecule has 0 amide bonds. The summed E-state index contributed by atoms with van der Waals surface area (Å²) < 4.78 is 18.5. The second kappa shape index (κ2) is 10.6. The van der Waals surface area contributed by atoms with Crippen LogP contribution >= 0.6 is 35.3 Å². The van der Waals surface area contributed by atoms with E-state index in [9.17, 15) is 4.39 Å². The van der Waals surface area contributed by atoms with Gasteiger partial charge in [0.2, 0.25) is 0 Å². The van der Waals surface area contributed by atoms with Crippen LogP contribution in [0.15, 0.2) is 35.5 Å². The first-order valence-electron chi connectivity index (χ1n) is 7.26. The molecule has 1 atom stereocenters. The molecule has 0 aliphatic rings. The summed E-state index contributed by atoms with van der Waals surface area (Å²) >= 11 is 1.65. The summed E-state index contributed by atoms with van der Waals surface area (Å²) in [6.45, 7) is 3.17. The second-order valence-electron chi connectivity index (χ2n) is 4.95. The highest BCUT2D eigenvalue weighted by Gasteiger charge is 2.11. The Kier molecular flexibility index (Phi) is 9.16. The third-order valence-corrected chi connectivity index (χ3v) is 4.19. The van der Waals surface area contributed by atoms with Gasteiger partial charge in [0.1, 0.15) is 10.8 Å². The van der Waals surface area contributed by atoms with E-state index in [1.807, 2.05) is 13.1 Å². The topological polar surface area (TPSA) is 58.5 Å². The number of hydrogen-bond acceptors (Lipinski definition) is 4. The number of aryl methyl sites for hydroxylation is 1. The van der Waals surface area contributed by atoms with E-state index >= 15 is 0 Å². The Morgan fingerprint density at radius 2 is 2.04 bits per heavy atom. The molecule has 1 aromatic heterocycles. The zero-order valence-corrected chi connectivity index (χ0v) is 17.0. The van der Waals surface area contributed by atoms with Gasteiger partial charge in [-0.15, -0.1) is 35.3 Å². The molecule has 0 radical (unpaired) electrons. The van der Waals surface area contributed by atoms with Gasteiger partial charge in [-0.05, 0) is 24.6 Å². The van der Waals surface area contributed by atoms with E-state index in [-0.39, 0.29) is 35.9 Å². The van der Waals surface area contributed by atoms with Crippen LogP contribution in [-0.2, 0) is 11.3 Å². The van der Waals surface area contributed by atoms with Crippen LogP contribution in [0.4, 0.5) is 4.39 Å². The molecule has 0 saturated carbocycles. The molecule has 0 spiro atoms. The Morgan fingerprint density at radius 1 is 1.33 bits per heavy atom. The molecule has 1 heterocycles. The smallest absolute Gasteiger partial charge is 0.191 e. The SMILES string of the molecule is CN=C(NCc1ncc(C)s1)NCC(OC)c1ccc(F)cc1.I. The lowest BCUT2D eigenvalue weighted by molar-refractivity contribution is 0.106. The number of nitrogens with zero attached hydrogens (tertiary/aromatic N) is 2. The largest absolute Gasteiger partial charge is 0.375 e. The highest BCUT2D eigenvalue weighted by Crippen LogP contribution is 2.16. The predicted molar refractivity (Wildman–Crippen MR) is 107 cm³/mol. The van der Waals surface area contributed by atoms with E-state index in [1.54, 1.807) is 37.6 Å². The quantitative estimate of drug-likeness (QED) is 0.392. The molecule has 1 aromatic carbocycles. The number of nitrogens with one attached hydrogen (secondary N) is 2. The third kappa shape index (κ3) is 6.33. The van der Waals surface area contributed by atoms with E-state index in [1.165, 1.54) is 17.0 Å². The Morgan fingerprint density at radius 3 is 2.58 bits per heavy atom. The van der Waals surface area contributed by atoms with Gasteiger partial charge in [-0.2, -0.15) is 0 Å². The number of benzene rings is 1. The van der Waals surface area contributed by atoms with Gasteiger partial charge >= 0.3 is 0 Å². The summed E-state index contributed by atoms with van der Waals surface area (Å²) in [6, 6.07) is 6.30. The molecule has 0 saturated heterocycles. The number of thiazole rings is 1. The fraction of sp³-hybridized carbons (Fsp3) is 0.375. The van der Waals surface area contributed by atoms with Gasteiger partial charge in [-0.25, -0.2) is 9.37 Å². The van der Waals surface area contributed by atoms with Crippen molar-refractivity contribution in [3.8, 4) is 0 Å². The van der Waals surface area contributed by atoms with Gasteiger partial charge in [0.15, 0.2) is 5.96 Å². The van der Waals surface area contributed by atoms with Gasteiger partial charge in [0.05, 0.1) is 12.6 Å². The van der Waals surface area contributed by atoms with E-state index in [0.29, 0.717) is 19.0 Å². The molecule has 0 fully saturated rings. The molecule has 1 unspecified atom stereocenters.